The Morgan fingerprint density at radius 2 is 1.83 bits per heavy atom. The van der Waals surface area contributed by atoms with Crippen molar-refractivity contribution in [2.75, 3.05) is 0 Å². The Labute approximate surface area is 135 Å². The molecule has 23 heavy (non-hydrogen) atoms. The van der Waals surface area contributed by atoms with Crippen molar-refractivity contribution < 1.29 is 19.1 Å². The zero-order chi connectivity index (χ0) is 16.4. The fourth-order valence-corrected chi connectivity index (χ4v) is 3.11. The number of carboxylic acids is 1. The molecule has 0 fully saturated rings. The Hall–Kier alpha value is -2.73. The third-order valence-corrected chi connectivity index (χ3v) is 4.46. The molecule has 3 rings (SSSR count). The lowest BCUT2D eigenvalue weighted by Crippen LogP contribution is -2.23. The van der Waals surface area contributed by atoms with Gasteiger partial charge in [0, 0.05) is 11.2 Å². The minimum atomic E-state index is -1.24. The summed E-state index contributed by atoms with van der Waals surface area (Å²) in [7, 11) is 0. The number of halogens is 1. The highest BCUT2D eigenvalue weighted by Crippen LogP contribution is 2.26. The number of aromatic carboxylic acids is 1. The van der Waals surface area contributed by atoms with E-state index in [9.17, 15) is 19.1 Å². The van der Waals surface area contributed by atoms with Gasteiger partial charge in [0.2, 0.25) is 0 Å². The van der Waals surface area contributed by atoms with Gasteiger partial charge in [-0.3, -0.25) is 4.79 Å². The molecule has 4 nitrogen and oxygen atoms in total. The fourth-order valence-electron chi connectivity index (χ4n) is 2.15. The van der Waals surface area contributed by atoms with Crippen molar-refractivity contribution in [2.45, 2.75) is 6.54 Å². The first-order valence-electron chi connectivity index (χ1n) is 6.80. The predicted molar refractivity (Wildman–Crippen MR) is 83.7 cm³/mol. The summed E-state index contributed by atoms with van der Waals surface area (Å²) in [6, 6.07) is 12.1. The van der Waals surface area contributed by atoms with Gasteiger partial charge in [0.25, 0.3) is 5.91 Å². The molecule has 0 bridgehead atoms. The van der Waals surface area contributed by atoms with Crippen LogP contribution in [-0.2, 0) is 6.54 Å². The quantitative estimate of drug-likeness (QED) is 0.799. The number of hydrogen-bond donors (Lipinski definition) is 1. The molecule has 116 valence electrons. The molecule has 3 aromatic rings. The molecule has 0 saturated heterocycles. The maximum Gasteiger partial charge on any atom is 0.261 e. The highest BCUT2D eigenvalue weighted by Gasteiger charge is 2.10. The second kappa shape index (κ2) is 6.18. The highest BCUT2D eigenvalue weighted by molar-refractivity contribution is 7.20. The lowest BCUT2D eigenvalue weighted by Gasteiger charge is -2.06. The van der Waals surface area contributed by atoms with Crippen LogP contribution < -0.4 is 10.4 Å². The van der Waals surface area contributed by atoms with Crippen molar-refractivity contribution in [1.29, 1.82) is 0 Å². The van der Waals surface area contributed by atoms with E-state index in [0.29, 0.717) is 10.3 Å². The molecule has 0 unspecified atom stereocenters. The molecule has 1 N–H and O–H groups in total. The smallest absolute Gasteiger partial charge is 0.261 e. The van der Waals surface area contributed by atoms with Crippen LogP contribution in [0.2, 0.25) is 0 Å². The van der Waals surface area contributed by atoms with Crippen LogP contribution in [0.3, 0.4) is 0 Å². The number of nitrogens with one attached hydrogen (secondary N) is 1. The molecule has 2 aromatic carbocycles. The summed E-state index contributed by atoms with van der Waals surface area (Å²) in [4.78, 5) is 23.3. The molecule has 0 radical (unpaired) electrons. The van der Waals surface area contributed by atoms with Crippen molar-refractivity contribution in [2.24, 2.45) is 0 Å². The highest BCUT2D eigenvalue weighted by atomic mass is 32.1. The predicted octanol–water partition coefficient (Wildman–Crippen LogP) is 2.33. The molecule has 0 atom stereocenters. The van der Waals surface area contributed by atoms with Crippen LogP contribution in [-0.4, -0.2) is 11.9 Å². The largest absolute Gasteiger partial charge is 0.545 e. The first-order valence-corrected chi connectivity index (χ1v) is 7.62. The molecular formula is C17H11FNO3S-. The van der Waals surface area contributed by atoms with Gasteiger partial charge in [-0.25, -0.2) is 4.39 Å². The number of fused-ring (bicyclic) bond motifs is 1. The Bertz CT molecular complexity index is 886. The number of rotatable bonds is 4. The summed E-state index contributed by atoms with van der Waals surface area (Å²) in [5, 5.41) is 14.1. The summed E-state index contributed by atoms with van der Waals surface area (Å²) in [5.74, 6) is -1.83. The summed E-state index contributed by atoms with van der Waals surface area (Å²) < 4.78 is 14.0. The molecular weight excluding hydrogens is 317 g/mol. The van der Waals surface area contributed by atoms with Crippen LogP contribution in [0.25, 0.3) is 10.1 Å². The van der Waals surface area contributed by atoms with E-state index >= 15 is 0 Å². The number of amides is 1. The van der Waals surface area contributed by atoms with E-state index in [-0.39, 0.29) is 23.8 Å². The lowest BCUT2D eigenvalue weighted by molar-refractivity contribution is -0.255. The number of hydrogen-bond acceptors (Lipinski definition) is 4. The van der Waals surface area contributed by atoms with Gasteiger partial charge in [-0.05, 0) is 40.8 Å². The van der Waals surface area contributed by atoms with Gasteiger partial charge in [-0.2, -0.15) is 0 Å². The average molecular weight is 328 g/mol. The second-order valence-corrected chi connectivity index (χ2v) is 6.04. The van der Waals surface area contributed by atoms with E-state index < -0.39 is 5.97 Å². The van der Waals surface area contributed by atoms with Gasteiger partial charge < -0.3 is 15.2 Å². The van der Waals surface area contributed by atoms with Crippen molar-refractivity contribution in [3.63, 3.8) is 0 Å². The number of carbonyl (C=O) groups is 2. The molecule has 0 spiro atoms. The van der Waals surface area contributed by atoms with E-state index in [1.807, 2.05) is 0 Å². The Morgan fingerprint density at radius 1 is 1.09 bits per heavy atom. The maximum absolute atomic E-state index is 13.2. The first-order chi connectivity index (χ1) is 11.0. The lowest BCUT2D eigenvalue weighted by atomic mass is 10.1. The summed E-state index contributed by atoms with van der Waals surface area (Å²) in [6.45, 7) is 0.273. The summed E-state index contributed by atoms with van der Waals surface area (Å²) in [5.41, 5.74) is 0.863. The number of thiophene rings is 1. The zero-order valence-electron chi connectivity index (χ0n) is 11.8. The average Bonchev–Trinajstić information content (AvgIpc) is 2.96. The minimum Gasteiger partial charge on any atom is -0.545 e. The van der Waals surface area contributed by atoms with Crippen molar-refractivity contribution in [3.05, 3.63) is 70.4 Å². The molecule has 1 heterocycles. The van der Waals surface area contributed by atoms with Crippen LogP contribution in [0.5, 0.6) is 0 Å². The Balaban J connectivity index is 1.69. The normalized spacial score (nSPS) is 10.7. The van der Waals surface area contributed by atoms with Gasteiger partial charge in [-0.1, -0.05) is 24.3 Å². The van der Waals surface area contributed by atoms with Gasteiger partial charge in [0.15, 0.2) is 0 Å². The third-order valence-electron chi connectivity index (χ3n) is 3.34. The molecule has 1 amide bonds. The fraction of sp³-hybridized carbons (Fsp3) is 0.0588. The molecule has 0 aliphatic heterocycles. The second-order valence-electron chi connectivity index (χ2n) is 4.96. The molecule has 0 aliphatic carbocycles. The van der Waals surface area contributed by atoms with Crippen LogP contribution >= 0.6 is 11.3 Å². The van der Waals surface area contributed by atoms with E-state index in [1.165, 1.54) is 35.6 Å². The standard InChI is InChI=1S/C17H12FNO3S/c18-13-5-6-14-12(7-13)8-15(23-14)16(20)19-9-10-1-3-11(4-2-10)17(21)22/h1-8H,9H2,(H,19,20)(H,21,22)/p-1. The molecule has 0 saturated carbocycles. The van der Waals surface area contributed by atoms with E-state index in [0.717, 1.165) is 10.3 Å². The van der Waals surface area contributed by atoms with Crippen LogP contribution in [0.1, 0.15) is 25.6 Å². The van der Waals surface area contributed by atoms with E-state index in [2.05, 4.69) is 5.32 Å². The SMILES string of the molecule is O=C([O-])c1ccc(CNC(=O)c2cc3cc(F)ccc3s2)cc1. The Kier molecular flexibility index (Phi) is 4.08. The molecule has 1 aromatic heterocycles. The summed E-state index contributed by atoms with van der Waals surface area (Å²) >= 11 is 1.29. The number of benzene rings is 2. The number of carbonyl (C=O) groups excluding carboxylic acids is 2. The Morgan fingerprint density at radius 3 is 2.52 bits per heavy atom. The van der Waals surface area contributed by atoms with Crippen LogP contribution in [0.4, 0.5) is 4.39 Å². The van der Waals surface area contributed by atoms with Crippen LogP contribution in [0, 0.1) is 5.82 Å². The van der Waals surface area contributed by atoms with Crippen LogP contribution in [0.15, 0.2) is 48.5 Å². The maximum atomic E-state index is 13.2. The van der Waals surface area contributed by atoms with Crippen molar-refractivity contribution >= 4 is 33.3 Å². The topological polar surface area (TPSA) is 69.2 Å². The van der Waals surface area contributed by atoms with Gasteiger partial charge in [0.05, 0.1) is 10.8 Å². The summed E-state index contributed by atoms with van der Waals surface area (Å²) in [6.07, 6.45) is 0. The number of carboxylic acid groups (broad SMARTS) is 1. The zero-order valence-corrected chi connectivity index (χ0v) is 12.7. The van der Waals surface area contributed by atoms with Crippen molar-refractivity contribution in [1.82, 2.24) is 5.32 Å². The first kappa shape index (κ1) is 15.2. The van der Waals surface area contributed by atoms with E-state index in [1.54, 1.807) is 24.3 Å². The molecule has 6 heteroatoms. The molecule has 0 aliphatic rings. The van der Waals surface area contributed by atoms with Gasteiger partial charge in [0.1, 0.15) is 5.82 Å². The monoisotopic (exact) mass is 328 g/mol. The van der Waals surface area contributed by atoms with E-state index in [4.69, 9.17) is 0 Å². The van der Waals surface area contributed by atoms with Gasteiger partial charge >= 0.3 is 0 Å². The van der Waals surface area contributed by atoms with Crippen molar-refractivity contribution in [3.8, 4) is 0 Å². The third kappa shape index (κ3) is 3.37. The minimum absolute atomic E-state index is 0.0895. The van der Waals surface area contributed by atoms with Gasteiger partial charge in [-0.15, -0.1) is 11.3 Å².